The van der Waals surface area contributed by atoms with Gasteiger partial charge in [-0.15, -0.1) is 0 Å². The van der Waals surface area contributed by atoms with Crippen LogP contribution >= 0.6 is 0 Å². The summed E-state index contributed by atoms with van der Waals surface area (Å²) >= 11 is 0. The summed E-state index contributed by atoms with van der Waals surface area (Å²) in [6.45, 7) is 11.2. The van der Waals surface area contributed by atoms with Crippen LogP contribution in [0.5, 0.6) is 0 Å². The van der Waals surface area contributed by atoms with Gasteiger partial charge >= 0.3 is 12.1 Å². The molecule has 1 aromatic heterocycles. The van der Waals surface area contributed by atoms with Gasteiger partial charge in [0.05, 0.1) is 7.11 Å². The van der Waals surface area contributed by atoms with Crippen LogP contribution in [-0.2, 0) is 19.1 Å². The molecule has 29 heavy (non-hydrogen) atoms. The van der Waals surface area contributed by atoms with Crippen molar-refractivity contribution < 1.29 is 23.9 Å². The molecule has 0 saturated carbocycles. The molecule has 1 atom stereocenters. The highest BCUT2D eigenvalue weighted by Crippen LogP contribution is 2.18. The van der Waals surface area contributed by atoms with Gasteiger partial charge in [0.1, 0.15) is 17.5 Å². The fourth-order valence-corrected chi connectivity index (χ4v) is 2.55. The largest absolute Gasteiger partial charge is 0.467 e. The number of nitrogens with one attached hydrogen (secondary N) is 1. The first-order chi connectivity index (χ1) is 13.4. The maximum absolute atomic E-state index is 12.6. The quantitative estimate of drug-likeness (QED) is 0.665. The molecule has 1 heterocycles. The molecule has 1 aromatic rings. The lowest BCUT2D eigenvalue weighted by Gasteiger charge is -2.27. The number of esters is 1. The molecular formula is C21H33N3O5. The number of aryl methyl sites for hydroxylation is 1. The summed E-state index contributed by atoms with van der Waals surface area (Å²) in [7, 11) is 1.29. The summed E-state index contributed by atoms with van der Waals surface area (Å²) in [6, 6.07) is 2.92. The first kappa shape index (κ1) is 24.4. The van der Waals surface area contributed by atoms with Crippen molar-refractivity contribution in [2.45, 2.75) is 66.0 Å². The molecule has 162 valence electrons. The number of hydrogen-bond donors (Lipinski definition) is 1. The minimum Gasteiger partial charge on any atom is -0.467 e. The van der Waals surface area contributed by atoms with Crippen molar-refractivity contribution in [2.75, 3.05) is 18.6 Å². The number of nitrogens with zero attached hydrogens (tertiary/aromatic N) is 2. The van der Waals surface area contributed by atoms with E-state index in [1.54, 1.807) is 33.0 Å². The lowest BCUT2D eigenvalue weighted by molar-refractivity contribution is -0.146. The first-order valence-corrected chi connectivity index (χ1v) is 9.75. The third-order valence-electron chi connectivity index (χ3n) is 4.02. The number of rotatable bonds is 8. The van der Waals surface area contributed by atoms with E-state index in [9.17, 15) is 14.4 Å². The summed E-state index contributed by atoms with van der Waals surface area (Å²) in [5.41, 5.74) is 0.306. The van der Waals surface area contributed by atoms with E-state index in [4.69, 9.17) is 9.47 Å². The Labute approximate surface area is 173 Å². The number of ether oxygens (including phenoxy) is 2. The van der Waals surface area contributed by atoms with E-state index >= 15 is 0 Å². The SMILES string of the molecule is COC(=O)C(NC(=O)CCCN(C(=O)OC(C)(C)C)c1cc(C)ccn1)C(C)C. The maximum atomic E-state index is 12.6. The summed E-state index contributed by atoms with van der Waals surface area (Å²) < 4.78 is 10.2. The van der Waals surface area contributed by atoms with Crippen LogP contribution in [0.1, 0.15) is 53.0 Å². The Balaban J connectivity index is 2.78. The van der Waals surface area contributed by atoms with E-state index in [1.165, 1.54) is 12.0 Å². The molecule has 2 amide bonds. The highest BCUT2D eigenvalue weighted by Gasteiger charge is 2.26. The van der Waals surface area contributed by atoms with Crippen LogP contribution in [-0.4, -0.2) is 48.3 Å². The molecule has 8 heteroatoms. The van der Waals surface area contributed by atoms with Gasteiger partial charge in [-0.3, -0.25) is 9.69 Å². The summed E-state index contributed by atoms with van der Waals surface area (Å²) in [6.07, 6.45) is 1.63. The van der Waals surface area contributed by atoms with Crippen LogP contribution in [0.3, 0.4) is 0 Å². The third-order valence-corrected chi connectivity index (χ3v) is 4.02. The van der Waals surface area contributed by atoms with Crippen LogP contribution in [0.25, 0.3) is 0 Å². The molecule has 1 N–H and O–H groups in total. The molecule has 0 fully saturated rings. The van der Waals surface area contributed by atoms with E-state index in [0.717, 1.165) is 5.56 Å². The molecule has 1 rings (SSSR count). The van der Waals surface area contributed by atoms with Gasteiger partial charge in [-0.1, -0.05) is 13.8 Å². The minimum atomic E-state index is -0.701. The Morgan fingerprint density at radius 2 is 1.90 bits per heavy atom. The summed E-state index contributed by atoms with van der Waals surface area (Å²) in [5, 5.41) is 2.69. The van der Waals surface area contributed by atoms with E-state index < -0.39 is 23.7 Å². The van der Waals surface area contributed by atoms with E-state index in [0.29, 0.717) is 12.2 Å². The number of amides is 2. The van der Waals surface area contributed by atoms with Gasteiger partial charge in [-0.2, -0.15) is 0 Å². The predicted octanol–water partition coefficient (Wildman–Crippen LogP) is 3.23. The van der Waals surface area contributed by atoms with Crippen LogP contribution in [0.2, 0.25) is 0 Å². The molecule has 1 unspecified atom stereocenters. The molecule has 0 aliphatic carbocycles. The molecule has 8 nitrogen and oxygen atoms in total. The fraction of sp³-hybridized carbons (Fsp3) is 0.619. The second-order valence-corrected chi connectivity index (χ2v) is 8.24. The number of carbonyl (C=O) groups is 3. The fourth-order valence-electron chi connectivity index (χ4n) is 2.55. The van der Waals surface area contributed by atoms with Gasteiger partial charge in [0.15, 0.2) is 0 Å². The van der Waals surface area contributed by atoms with Crippen molar-refractivity contribution in [1.82, 2.24) is 10.3 Å². The van der Waals surface area contributed by atoms with Crippen molar-refractivity contribution in [1.29, 1.82) is 0 Å². The van der Waals surface area contributed by atoms with Gasteiger partial charge in [0.2, 0.25) is 5.91 Å². The summed E-state index contributed by atoms with van der Waals surface area (Å²) in [5.74, 6) is -0.390. The molecule has 0 saturated heterocycles. The highest BCUT2D eigenvalue weighted by atomic mass is 16.6. The predicted molar refractivity (Wildman–Crippen MR) is 111 cm³/mol. The van der Waals surface area contributed by atoms with Crippen molar-refractivity contribution in [3.63, 3.8) is 0 Å². The van der Waals surface area contributed by atoms with Gasteiger partial charge in [0.25, 0.3) is 0 Å². The Kier molecular flexibility index (Phi) is 9.07. The average Bonchev–Trinajstić information content (AvgIpc) is 2.60. The standard InChI is InChI=1S/C21H33N3O5/c1-14(2)18(19(26)28-7)23-17(25)9-8-12-24(20(27)29-21(4,5)6)16-13-15(3)10-11-22-16/h10-11,13-14,18H,8-9,12H2,1-7H3,(H,23,25). The zero-order valence-corrected chi connectivity index (χ0v) is 18.4. The lowest BCUT2D eigenvalue weighted by Crippen LogP contribution is -2.45. The van der Waals surface area contributed by atoms with Crippen molar-refractivity contribution in [2.24, 2.45) is 5.92 Å². The van der Waals surface area contributed by atoms with Crippen LogP contribution in [0.4, 0.5) is 10.6 Å². The van der Waals surface area contributed by atoms with Gasteiger partial charge in [0, 0.05) is 19.2 Å². The van der Waals surface area contributed by atoms with Crippen LogP contribution in [0.15, 0.2) is 18.3 Å². The average molecular weight is 408 g/mol. The van der Waals surface area contributed by atoms with Crippen molar-refractivity contribution >= 4 is 23.8 Å². The number of methoxy groups -OCH3 is 1. The highest BCUT2D eigenvalue weighted by molar-refractivity contribution is 5.87. The van der Waals surface area contributed by atoms with Crippen LogP contribution < -0.4 is 10.2 Å². The second-order valence-electron chi connectivity index (χ2n) is 8.24. The normalized spacial score (nSPS) is 12.3. The Bertz CT molecular complexity index is 713. The molecule has 0 bridgehead atoms. The number of carbonyl (C=O) groups excluding carboxylic acids is 3. The zero-order valence-electron chi connectivity index (χ0n) is 18.4. The van der Waals surface area contributed by atoms with Gasteiger partial charge in [-0.25, -0.2) is 14.6 Å². The van der Waals surface area contributed by atoms with Crippen LogP contribution in [0, 0.1) is 12.8 Å². The Morgan fingerprint density at radius 3 is 2.41 bits per heavy atom. The van der Waals surface area contributed by atoms with Crippen molar-refractivity contribution in [3.8, 4) is 0 Å². The lowest BCUT2D eigenvalue weighted by atomic mass is 10.0. The molecule has 0 spiro atoms. The number of pyridine rings is 1. The molecule has 0 aliphatic rings. The van der Waals surface area contributed by atoms with Crippen molar-refractivity contribution in [3.05, 3.63) is 23.9 Å². The maximum Gasteiger partial charge on any atom is 0.416 e. The number of anilines is 1. The number of hydrogen-bond acceptors (Lipinski definition) is 6. The van der Waals surface area contributed by atoms with E-state index in [-0.39, 0.29) is 24.8 Å². The molecule has 0 radical (unpaired) electrons. The van der Waals surface area contributed by atoms with Gasteiger partial charge < -0.3 is 14.8 Å². The van der Waals surface area contributed by atoms with Gasteiger partial charge in [-0.05, 0) is 57.7 Å². The molecule has 0 aromatic carbocycles. The first-order valence-electron chi connectivity index (χ1n) is 9.75. The molecular weight excluding hydrogens is 374 g/mol. The monoisotopic (exact) mass is 407 g/mol. The zero-order chi connectivity index (χ0) is 22.2. The second kappa shape index (κ2) is 10.8. The van der Waals surface area contributed by atoms with E-state index in [1.807, 2.05) is 26.8 Å². The van der Waals surface area contributed by atoms with E-state index in [2.05, 4.69) is 10.3 Å². The third kappa shape index (κ3) is 8.50. The minimum absolute atomic E-state index is 0.0962. The number of aromatic nitrogens is 1. The smallest absolute Gasteiger partial charge is 0.416 e. The Morgan fingerprint density at radius 1 is 1.24 bits per heavy atom. The Hall–Kier alpha value is -2.64. The summed E-state index contributed by atoms with van der Waals surface area (Å²) in [4.78, 5) is 42.4. The topological polar surface area (TPSA) is 97.8 Å². The molecule has 0 aliphatic heterocycles.